The number of methoxy groups -OCH3 is 1. The second-order valence-corrected chi connectivity index (χ2v) is 9.63. The molecule has 1 atom stereocenters. The van der Waals surface area contributed by atoms with Crippen LogP contribution in [0.5, 0.6) is 0 Å². The molecule has 12 heteroatoms. The Morgan fingerprint density at radius 2 is 1.97 bits per heavy atom. The molecule has 1 unspecified atom stereocenters. The molecule has 1 aliphatic heterocycles. The van der Waals surface area contributed by atoms with Crippen molar-refractivity contribution in [2.75, 3.05) is 32.6 Å². The predicted molar refractivity (Wildman–Crippen MR) is 139 cm³/mol. The van der Waals surface area contributed by atoms with Crippen LogP contribution in [0.2, 0.25) is 0 Å². The summed E-state index contributed by atoms with van der Waals surface area (Å²) in [4.78, 5) is 33.5. The van der Waals surface area contributed by atoms with Gasteiger partial charge in [-0.25, -0.2) is 23.5 Å². The van der Waals surface area contributed by atoms with Gasteiger partial charge >= 0.3 is 6.09 Å². The number of halogens is 3. The minimum absolute atomic E-state index is 0.126. The highest BCUT2D eigenvalue weighted by Crippen LogP contribution is 2.30. The molecule has 2 aromatic carbocycles. The van der Waals surface area contributed by atoms with Gasteiger partial charge in [-0.15, -0.1) is 0 Å². The molecule has 4 rings (SSSR count). The SMILES string of the molecule is COC(=O)NCC(NC(=O)c1ccc(-c2nc(C3CCOCC3)cnc2N)cc1F)c1cc(F)cc(Br)c1. The van der Waals surface area contributed by atoms with E-state index in [0.29, 0.717) is 34.5 Å². The average Bonchev–Trinajstić information content (AvgIpc) is 2.90. The fourth-order valence-corrected chi connectivity index (χ4v) is 4.67. The van der Waals surface area contributed by atoms with E-state index < -0.39 is 29.7 Å². The van der Waals surface area contributed by atoms with Crippen molar-refractivity contribution in [2.24, 2.45) is 0 Å². The first-order valence-electron chi connectivity index (χ1n) is 11.8. The Balaban J connectivity index is 1.57. The number of nitrogens with one attached hydrogen (secondary N) is 2. The van der Waals surface area contributed by atoms with Gasteiger partial charge in [0.15, 0.2) is 0 Å². The summed E-state index contributed by atoms with van der Waals surface area (Å²) in [5.41, 5.74) is 7.59. The van der Waals surface area contributed by atoms with Crippen molar-refractivity contribution in [1.82, 2.24) is 20.6 Å². The zero-order valence-electron chi connectivity index (χ0n) is 20.5. The molecule has 0 saturated carbocycles. The Morgan fingerprint density at radius 1 is 1.21 bits per heavy atom. The van der Waals surface area contributed by atoms with Gasteiger partial charge in [-0.1, -0.05) is 22.0 Å². The van der Waals surface area contributed by atoms with E-state index in [1.807, 2.05) is 0 Å². The van der Waals surface area contributed by atoms with Gasteiger partial charge in [-0.3, -0.25) is 4.79 Å². The molecular formula is C26H26BrF2N5O4. The molecule has 2 amide bonds. The Hall–Kier alpha value is -3.64. The van der Waals surface area contributed by atoms with Crippen molar-refractivity contribution in [3.05, 3.63) is 75.5 Å². The Morgan fingerprint density at radius 3 is 2.66 bits per heavy atom. The third kappa shape index (κ3) is 6.62. The number of hydrogen-bond donors (Lipinski definition) is 3. The van der Waals surface area contributed by atoms with E-state index in [1.54, 1.807) is 12.3 Å². The fraction of sp³-hybridized carbons (Fsp3) is 0.308. The number of nitrogens with zero attached hydrogens (tertiary/aromatic N) is 2. The van der Waals surface area contributed by atoms with E-state index >= 15 is 4.39 Å². The highest BCUT2D eigenvalue weighted by molar-refractivity contribution is 9.10. The molecule has 2 heterocycles. The first-order chi connectivity index (χ1) is 18.2. The average molecular weight is 590 g/mol. The van der Waals surface area contributed by atoms with Gasteiger partial charge in [-0.2, -0.15) is 0 Å². The van der Waals surface area contributed by atoms with Crippen LogP contribution < -0.4 is 16.4 Å². The summed E-state index contributed by atoms with van der Waals surface area (Å²) in [7, 11) is 1.19. The van der Waals surface area contributed by atoms with Crippen molar-refractivity contribution in [1.29, 1.82) is 0 Å². The molecule has 1 saturated heterocycles. The van der Waals surface area contributed by atoms with Crippen LogP contribution in [0.4, 0.5) is 19.4 Å². The maximum atomic E-state index is 15.2. The number of hydrogen-bond acceptors (Lipinski definition) is 7. The molecule has 3 aromatic rings. The molecule has 0 bridgehead atoms. The third-order valence-electron chi connectivity index (χ3n) is 6.17. The number of amides is 2. The van der Waals surface area contributed by atoms with E-state index in [1.165, 1.54) is 37.4 Å². The molecule has 0 radical (unpaired) electrons. The number of alkyl carbamates (subject to hydrolysis) is 1. The number of nitrogens with two attached hydrogens (primary N) is 1. The van der Waals surface area contributed by atoms with E-state index in [4.69, 9.17) is 10.5 Å². The Kier molecular flexibility index (Phi) is 8.85. The van der Waals surface area contributed by atoms with E-state index in [9.17, 15) is 14.0 Å². The lowest BCUT2D eigenvalue weighted by molar-refractivity contribution is 0.0844. The molecule has 1 aromatic heterocycles. The topological polar surface area (TPSA) is 128 Å². The number of aromatic nitrogens is 2. The quantitative estimate of drug-likeness (QED) is 0.370. The van der Waals surface area contributed by atoms with E-state index in [0.717, 1.165) is 18.5 Å². The molecule has 9 nitrogen and oxygen atoms in total. The number of carbonyl (C=O) groups is 2. The zero-order chi connectivity index (χ0) is 27.2. The highest BCUT2D eigenvalue weighted by Gasteiger charge is 2.23. The first-order valence-corrected chi connectivity index (χ1v) is 12.6. The predicted octanol–water partition coefficient (Wildman–Crippen LogP) is 4.49. The zero-order valence-corrected chi connectivity index (χ0v) is 22.1. The van der Waals surface area contributed by atoms with Crippen LogP contribution in [0, 0.1) is 11.6 Å². The largest absolute Gasteiger partial charge is 0.453 e. The molecule has 1 fully saturated rings. The van der Waals surface area contributed by atoms with Gasteiger partial charge in [0.25, 0.3) is 5.91 Å². The van der Waals surface area contributed by atoms with Gasteiger partial charge in [0, 0.05) is 35.7 Å². The second kappa shape index (κ2) is 12.3. The van der Waals surface area contributed by atoms with Crippen molar-refractivity contribution < 1.29 is 27.8 Å². The minimum atomic E-state index is -0.884. The molecule has 1 aliphatic rings. The van der Waals surface area contributed by atoms with Crippen LogP contribution in [-0.2, 0) is 9.47 Å². The molecule has 0 aliphatic carbocycles. The number of ether oxygens (including phenoxy) is 2. The maximum Gasteiger partial charge on any atom is 0.406 e. The third-order valence-corrected chi connectivity index (χ3v) is 6.63. The van der Waals surface area contributed by atoms with Crippen molar-refractivity contribution >= 4 is 33.7 Å². The van der Waals surface area contributed by atoms with Crippen molar-refractivity contribution in [3.8, 4) is 11.3 Å². The lowest BCUT2D eigenvalue weighted by Gasteiger charge is -2.22. The van der Waals surface area contributed by atoms with Crippen molar-refractivity contribution in [2.45, 2.75) is 24.8 Å². The van der Waals surface area contributed by atoms with Crippen LogP contribution in [0.1, 0.15) is 46.4 Å². The van der Waals surface area contributed by atoms with Crippen LogP contribution in [0.25, 0.3) is 11.3 Å². The lowest BCUT2D eigenvalue weighted by Crippen LogP contribution is -2.38. The summed E-state index contributed by atoms with van der Waals surface area (Å²) < 4.78 is 39.6. The minimum Gasteiger partial charge on any atom is -0.453 e. The molecular weight excluding hydrogens is 564 g/mol. The van der Waals surface area contributed by atoms with Gasteiger partial charge < -0.3 is 25.8 Å². The second-order valence-electron chi connectivity index (χ2n) is 8.71. The number of rotatable bonds is 7. The summed E-state index contributed by atoms with van der Waals surface area (Å²) in [5.74, 6) is -1.81. The first kappa shape index (κ1) is 27.4. The normalized spacial score (nSPS) is 14.5. The molecule has 200 valence electrons. The van der Waals surface area contributed by atoms with Crippen LogP contribution >= 0.6 is 15.9 Å². The summed E-state index contributed by atoms with van der Waals surface area (Å²) >= 11 is 3.21. The summed E-state index contributed by atoms with van der Waals surface area (Å²) in [6.07, 6.45) is 2.50. The fourth-order valence-electron chi connectivity index (χ4n) is 4.18. The van der Waals surface area contributed by atoms with E-state index in [-0.39, 0.29) is 23.8 Å². The lowest BCUT2D eigenvalue weighted by atomic mass is 9.96. The van der Waals surface area contributed by atoms with Crippen LogP contribution in [-0.4, -0.2) is 48.8 Å². The Labute approximate surface area is 226 Å². The maximum absolute atomic E-state index is 15.2. The number of benzene rings is 2. The smallest absolute Gasteiger partial charge is 0.406 e. The summed E-state index contributed by atoms with van der Waals surface area (Å²) in [5, 5.41) is 5.11. The number of nitrogen functional groups attached to an aromatic ring is 1. The summed E-state index contributed by atoms with van der Waals surface area (Å²) in [6.45, 7) is 1.14. The number of anilines is 1. The van der Waals surface area contributed by atoms with Gasteiger partial charge in [0.05, 0.1) is 30.6 Å². The van der Waals surface area contributed by atoms with Gasteiger partial charge in [0.1, 0.15) is 23.1 Å². The van der Waals surface area contributed by atoms with E-state index in [2.05, 4.69) is 41.3 Å². The monoisotopic (exact) mass is 589 g/mol. The van der Waals surface area contributed by atoms with Gasteiger partial charge in [0.2, 0.25) is 0 Å². The van der Waals surface area contributed by atoms with Crippen molar-refractivity contribution in [3.63, 3.8) is 0 Å². The number of carbonyl (C=O) groups excluding carboxylic acids is 2. The Bertz CT molecular complexity index is 1320. The molecule has 38 heavy (non-hydrogen) atoms. The standard InChI is InChI=1S/C26H26BrF2N5O4/c1-37-26(36)32-13-22(16-8-17(27)11-18(28)9-16)34-25(35)19-3-2-15(10-20(19)29)23-24(30)31-12-21(33-23)14-4-6-38-7-5-14/h2-3,8-12,14,22H,4-7,13H2,1H3,(H2,30,31)(H,32,36)(H,34,35). The van der Waals surface area contributed by atoms with Crippen LogP contribution in [0.15, 0.2) is 47.1 Å². The highest BCUT2D eigenvalue weighted by atomic mass is 79.9. The molecule has 0 spiro atoms. The van der Waals surface area contributed by atoms with Gasteiger partial charge in [-0.05, 0) is 48.7 Å². The summed E-state index contributed by atoms with van der Waals surface area (Å²) in [6, 6.07) is 7.18. The molecule has 4 N–H and O–H groups in total. The van der Waals surface area contributed by atoms with Crippen LogP contribution in [0.3, 0.4) is 0 Å².